The first-order valence-corrected chi connectivity index (χ1v) is 8.53. The highest BCUT2D eigenvalue weighted by Crippen LogP contribution is 2.15. The second-order valence-corrected chi connectivity index (χ2v) is 6.04. The molecule has 1 unspecified atom stereocenters. The maximum absolute atomic E-state index is 12.2. The molecule has 2 N–H and O–H groups in total. The van der Waals surface area contributed by atoms with Gasteiger partial charge in [-0.2, -0.15) is 0 Å². The third-order valence-corrected chi connectivity index (χ3v) is 3.89. The van der Waals surface area contributed by atoms with Crippen molar-refractivity contribution in [2.45, 2.75) is 26.3 Å². The summed E-state index contributed by atoms with van der Waals surface area (Å²) in [4.78, 5) is 34.5. The quantitative estimate of drug-likeness (QED) is 0.442. The standard InChI is InChI=1S/C20H21N3O4/c1-3-14(2)21-20(25)16-7-5-8-17(13-16)22-19(24)11-10-15-6-4-9-18(12-15)23(26)27/h4-14H,3H2,1-2H3,(H,21,25)(H,22,24)/b11-10+. The summed E-state index contributed by atoms with van der Waals surface area (Å²) in [5.74, 6) is -0.603. The molecule has 2 aromatic carbocycles. The summed E-state index contributed by atoms with van der Waals surface area (Å²) < 4.78 is 0. The normalized spacial score (nSPS) is 11.8. The maximum Gasteiger partial charge on any atom is 0.270 e. The molecule has 0 heterocycles. The molecule has 2 amide bonds. The second-order valence-electron chi connectivity index (χ2n) is 6.04. The van der Waals surface area contributed by atoms with E-state index in [-0.39, 0.29) is 17.6 Å². The molecular formula is C20H21N3O4. The smallest absolute Gasteiger partial charge is 0.270 e. The first-order valence-electron chi connectivity index (χ1n) is 8.53. The number of nitrogens with zero attached hydrogens (tertiary/aromatic N) is 1. The molecule has 0 spiro atoms. The predicted octanol–water partition coefficient (Wildman–Crippen LogP) is 3.78. The van der Waals surface area contributed by atoms with Gasteiger partial charge < -0.3 is 10.6 Å². The number of benzene rings is 2. The minimum Gasteiger partial charge on any atom is -0.350 e. The van der Waals surface area contributed by atoms with Crippen LogP contribution in [0.3, 0.4) is 0 Å². The molecule has 2 aromatic rings. The van der Waals surface area contributed by atoms with Crippen molar-refractivity contribution < 1.29 is 14.5 Å². The zero-order chi connectivity index (χ0) is 19.8. The summed E-state index contributed by atoms with van der Waals surface area (Å²) in [5.41, 5.74) is 1.44. The SMILES string of the molecule is CCC(C)NC(=O)c1cccc(NC(=O)/C=C/c2cccc([N+](=O)[O-])c2)c1. The zero-order valence-corrected chi connectivity index (χ0v) is 15.1. The van der Waals surface area contributed by atoms with Gasteiger partial charge in [-0.05, 0) is 43.2 Å². The Morgan fingerprint density at radius 3 is 2.63 bits per heavy atom. The number of amides is 2. The summed E-state index contributed by atoms with van der Waals surface area (Å²) in [6.07, 6.45) is 3.59. The molecule has 27 heavy (non-hydrogen) atoms. The van der Waals surface area contributed by atoms with Gasteiger partial charge >= 0.3 is 0 Å². The highest BCUT2D eigenvalue weighted by molar-refractivity contribution is 6.03. The van der Waals surface area contributed by atoms with Crippen molar-refractivity contribution in [1.82, 2.24) is 5.32 Å². The van der Waals surface area contributed by atoms with Crippen molar-refractivity contribution in [2.24, 2.45) is 0 Å². The summed E-state index contributed by atoms with van der Waals surface area (Å²) in [5, 5.41) is 16.3. The van der Waals surface area contributed by atoms with Crippen LogP contribution in [0.2, 0.25) is 0 Å². The topological polar surface area (TPSA) is 101 Å². The van der Waals surface area contributed by atoms with E-state index in [1.807, 2.05) is 13.8 Å². The van der Waals surface area contributed by atoms with Gasteiger partial charge in [0.2, 0.25) is 5.91 Å². The van der Waals surface area contributed by atoms with Gasteiger partial charge in [0.25, 0.3) is 11.6 Å². The van der Waals surface area contributed by atoms with Crippen molar-refractivity contribution in [3.05, 3.63) is 75.8 Å². The number of hydrogen-bond acceptors (Lipinski definition) is 4. The Kier molecular flexibility index (Phi) is 6.82. The van der Waals surface area contributed by atoms with Gasteiger partial charge in [-0.15, -0.1) is 0 Å². The van der Waals surface area contributed by atoms with Crippen LogP contribution in [0.25, 0.3) is 6.08 Å². The van der Waals surface area contributed by atoms with Crippen LogP contribution in [0.15, 0.2) is 54.6 Å². The van der Waals surface area contributed by atoms with E-state index in [1.54, 1.807) is 36.4 Å². The van der Waals surface area contributed by atoms with Gasteiger partial charge in [0, 0.05) is 35.5 Å². The number of nitrogens with one attached hydrogen (secondary N) is 2. The van der Waals surface area contributed by atoms with E-state index in [4.69, 9.17) is 0 Å². The molecule has 0 fully saturated rings. The van der Waals surface area contributed by atoms with Crippen molar-refractivity contribution in [3.63, 3.8) is 0 Å². The number of carbonyl (C=O) groups excluding carboxylic acids is 2. The van der Waals surface area contributed by atoms with E-state index in [9.17, 15) is 19.7 Å². The molecule has 1 atom stereocenters. The molecule has 0 bridgehead atoms. The lowest BCUT2D eigenvalue weighted by Crippen LogP contribution is -2.31. The zero-order valence-electron chi connectivity index (χ0n) is 15.1. The van der Waals surface area contributed by atoms with E-state index in [1.165, 1.54) is 24.3 Å². The van der Waals surface area contributed by atoms with Crippen molar-refractivity contribution in [2.75, 3.05) is 5.32 Å². The molecule has 7 nitrogen and oxygen atoms in total. The van der Waals surface area contributed by atoms with Gasteiger partial charge in [-0.1, -0.05) is 25.1 Å². The second kappa shape index (κ2) is 9.28. The largest absolute Gasteiger partial charge is 0.350 e. The molecule has 0 saturated carbocycles. The Balaban J connectivity index is 2.03. The van der Waals surface area contributed by atoms with Crippen LogP contribution >= 0.6 is 0 Å². The Hall–Kier alpha value is -3.48. The van der Waals surface area contributed by atoms with Crippen LogP contribution in [0.1, 0.15) is 36.2 Å². The van der Waals surface area contributed by atoms with Gasteiger partial charge in [0.1, 0.15) is 0 Å². The molecule has 0 aliphatic heterocycles. The lowest BCUT2D eigenvalue weighted by molar-refractivity contribution is -0.384. The molecular weight excluding hydrogens is 346 g/mol. The predicted molar refractivity (Wildman–Crippen MR) is 104 cm³/mol. The minimum atomic E-state index is -0.493. The summed E-state index contributed by atoms with van der Waals surface area (Å²) in [7, 11) is 0. The lowest BCUT2D eigenvalue weighted by atomic mass is 10.1. The number of anilines is 1. The average molecular weight is 367 g/mol. The van der Waals surface area contributed by atoms with E-state index in [0.717, 1.165) is 6.42 Å². The van der Waals surface area contributed by atoms with Crippen LogP contribution < -0.4 is 10.6 Å². The summed E-state index contributed by atoms with van der Waals surface area (Å²) >= 11 is 0. The lowest BCUT2D eigenvalue weighted by Gasteiger charge is -2.12. The van der Waals surface area contributed by atoms with Gasteiger partial charge in [-0.3, -0.25) is 19.7 Å². The Labute approximate surface area is 157 Å². The third-order valence-electron chi connectivity index (χ3n) is 3.89. The maximum atomic E-state index is 12.2. The number of carbonyl (C=O) groups is 2. The Bertz CT molecular complexity index is 877. The fraction of sp³-hybridized carbons (Fsp3) is 0.200. The molecule has 2 rings (SSSR count). The average Bonchev–Trinajstić information content (AvgIpc) is 2.66. The van der Waals surface area contributed by atoms with Crippen LogP contribution in [0, 0.1) is 10.1 Å². The van der Waals surface area contributed by atoms with Crippen LogP contribution in [0.4, 0.5) is 11.4 Å². The number of hydrogen-bond donors (Lipinski definition) is 2. The van der Waals surface area contributed by atoms with Crippen molar-refractivity contribution in [3.8, 4) is 0 Å². The molecule has 7 heteroatoms. The monoisotopic (exact) mass is 367 g/mol. The summed E-state index contributed by atoms with van der Waals surface area (Å²) in [6.45, 7) is 3.90. The van der Waals surface area contributed by atoms with E-state index in [0.29, 0.717) is 16.8 Å². The fourth-order valence-electron chi connectivity index (χ4n) is 2.25. The van der Waals surface area contributed by atoms with Gasteiger partial charge in [0.05, 0.1) is 4.92 Å². The van der Waals surface area contributed by atoms with Gasteiger partial charge in [0.15, 0.2) is 0 Å². The van der Waals surface area contributed by atoms with Crippen LogP contribution in [-0.4, -0.2) is 22.8 Å². The molecule has 0 aliphatic rings. The number of rotatable bonds is 7. The molecule has 0 saturated heterocycles. The number of nitro benzene ring substituents is 1. The first-order chi connectivity index (χ1) is 12.9. The minimum absolute atomic E-state index is 0.0439. The highest BCUT2D eigenvalue weighted by atomic mass is 16.6. The Morgan fingerprint density at radius 2 is 1.93 bits per heavy atom. The molecule has 0 radical (unpaired) electrons. The van der Waals surface area contributed by atoms with Crippen LogP contribution in [-0.2, 0) is 4.79 Å². The number of non-ortho nitro benzene ring substituents is 1. The highest BCUT2D eigenvalue weighted by Gasteiger charge is 2.09. The van der Waals surface area contributed by atoms with Crippen molar-refractivity contribution >= 4 is 29.3 Å². The molecule has 0 aliphatic carbocycles. The first kappa shape index (κ1) is 19.8. The molecule has 0 aromatic heterocycles. The number of nitro groups is 1. The molecule has 140 valence electrons. The van der Waals surface area contributed by atoms with E-state index >= 15 is 0 Å². The fourth-order valence-corrected chi connectivity index (χ4v) is 2.25. The van der Waals surface area contributed by atoms with Crippen molar-refractivity contribution in [1.29, 1.82) is 0 Å². The summed E-state index contributed by atoms with van der Waals surface area (Å²) in [6, 6.07) is 12.7. The third kappa shape index (κ3) is 6.07. The van der Waals surface area contributed by atoms with Gasteiger partial charge in [-0.25, -0.2) is 0 Å². The van der Waals surface area contributed by atoms with Crippen LogP contribution in [0.5, 0.6) is 0 Å². The Morgan fingerprint density at radius 1 is 1.19 bits per heavy atom. The van der Waals surface area contributed by atoms with E-state index in [2.05, 4.69) is 10.6 Å². The van der Waals surface area contributed by atoms with E-state index < -0.39 is 10.8 Å².